The van der Waals surface area contributed by atoms with Crippen LogP contribution in [-0.4, -0.2) is 18.1 Å². The predicted octanol–water partition coefficient (Wildman–Crippen LogP) is 2.70. The lowest BCUT2D eigenvalue weighted by molar-refractivity contribution is 0.0258. The number of pyridine rings is 1. The molecule has 2 N–H and O–H groups in total. The molecule has 2 atom stereocenters. The summed E-state index contributed by atoms with van der Waals surface area (Å²) in [6.07, 6.45) is 3.36. The minimum absolute atomic E-state index is 0.0874. The van der Waals surface area contributed by atoms with Crippen LogP contribution in [0.25, 0.3) is 0 Å². The van der Waals surface area contributed by atoms with Crippen molar-refractivity contribution in [2.75, 3.05) is 7.11 Å². The number of nitrogens with two attached hydrogens (primary N) is 1. The Balaban J connectivity index is 2.02. The lowest BCUT2D eigenvalue weighted by Crippen LogP contribution is -2.26. The van der Waals surface area contributed by atoms with E-state index in [1.165, 1.54) is 0 Å². The Bertz CT molecular complexity index is 512. The van der Waals surface area contributed by atoms with Gasteiger partial charge >= 0.3 is 0 Å². The number of aromatic nitrogens is 1. The number of hydrogen-bond acceptors (Lipinski definition) is 4. The minimum atomic E-state index is -0.139. The van der Waals surface area contributed by atoms with Gasteiger partial charge in [0, 0.05) is 18.4 Å². The zero-order chi connectivity index (χ0) is 14.4. The number of methoxy groups -OCH3 is 1. The van der Waals surface area contributed by atoms with Crippen LogP contribution in [0.4, 0.5) is 0 Å². The average molecular weight is 272 g/mol. The molecule has 1 heterocycles. The maximum atomic E-state index is 6.01. The van der Waals surface area contributed by atoms with E-state index in [9.17, 15) is 0 Å². The molecule has 0 bridgehead atoms. The van der Waals surface area contributed by atoms with E-state index < -0.39 is 0 Å². The van der Waals surface area contributed by atoms with Crippen molar-refractivity contribution in [3.8, 4) is 5.75 Å². The Morgan fingerprint density at radius 3 is 2.30 bits per heavy atom. The lowest BCUT2D eigenvalue weighted by Gasteiger charge is -2.21. The summed E-state index contributed by atoms with van der Waals surface area (Å²) in [5.74, 6) is 0.839. The fourth-order valence-electron chi connectivity index (χ4n) is 2.01. The molecule has 1 aromatic carbocycles. The zero-order valence-electron chi connectivity index (χ0n) is 11.8. The van der Waals surface area contributed by atoms with E-state index in [-0.39, 0.29) is 12.1 Å². The molecule has 1 aromatic heterocycles. The fraction of sp³-hybridized carbons (Fsp3) is 0.312. The number of nitrogens with zero attached hydrogens (tertiary/aromatic N) is 1. The highest BCUT2D eigenvalue weighted by Crippen LogP contribution is 2.22. The van der Waals surface area contributed by atoms with Crippen molar-refractivity contribution >= 4 is 0 Å². The van der Waals surface area contributed by atoms with Crippen LogP contribution in [0.2, 0.25) is 0 Å². The van der Waals surface area contributed by atoms with Crippen molar-refractivity contribution in [3.63, 3.8) is 0 Å². The first-order chi connectivity index (χ1) is 9.70. The van der Waals surface area contributed by atoms with E-state index in [0.29, 0.717) is 6.61 Å². The maximum Gasteiger partial charge on any atom is 0.118 e. The van der Waals surface area contributed by atoms with E-state index in [1.54, 1.807) is 19.5 Å². The van der Waals surface area contributed by atoms with Gasteiger partial charge in [-0.15, -0.1) is 0 Å². The first-order valence-corrected chi connectivity index (χ1v) is 6.60. The number of ether oxygens (including phenoxy) is 2. The average Bonchev–Trinajstić information content (AvgIpc) is 2.49. The number of rotatable bonds is 6. The van der Waals surface area contributed by atoms with Crippen LogP contribution < -0.4 is 10.5 Å². The smallest absolute Gasteiger partial charge is 0.118 e. The van der Waals surface area contributed by atoms with E-state index in [4.69, 9.17) is 15.2 Å². The van der Waals surface area contributed by atoms with Crippen molar-refractivity contribution in [3.05, 3.63) is 59.9 Å². The van der Waals surface area contributed by atoms with Crippen LogP contribution in [0.15, 0.2) is 48.8 Å². The Kier molecular flexibility index (Phi) is 5.09. The number of hydrogen-bond donors (Lipinski definition) is 1. The first-order valence-electron chi connectivity index (χ1n) is 6.60. The van der Waals surface area contributed by atoms with Gasteiger partial charge in [-0.3, -0.25) is 4.98 Å². The zero-order valence-corrected chi connectivity index (χ0v) is 11.8. The highest BCUT2D eigenvalue weighted by Gasteiger charge is 2.16. The van der Waals surface area contributed by atoms with Gasteiger partial charge < -0.3 is 15.2 Å². The molecule has 4 heteroatoms. The van der Waals surface area contributed by atoms with Gasteiger partial charge in [0.25, 0.3) is 0 Å². The standard InChI is InChI=1S/C16H20N2O2/c1-12(17)16(14-7-9-18-10-8-14)20-11-13-3-5-15(19-2)6-4-13/h3-10,12,16H,11,17H2,1-2H3. The fourth-order valence-corrected chi connectivity index (χ4v) is 2.01. The Labute approximate surface area is 119 Å². The normalized spacial score (nSPS) is 13.8. The topological polar surface area (TPSA) is 57.4 Å². The highest BCUT2D eigenvalue weighted by molar-refractivity contribution is 5.26. The van der Waals surface area contributed by atoms with Crippen LogP contribution in [0.5, 0.6) is 5.75 Å². The summed E-state index contributed by atoms with van der Waals surface area (Å²) >= 11 is 0. The molecule has 0 amide bonds. The molecule has 2 aromatic rings. The van der Waals surface area contributed by atoms with Crippen molar-refractivity contribution < 1.29 is 9.47 Å². The van der Waals surface area contributed by atoms with Crippen LogP contribution in [0, 0.1) is 0 Å². The SMILES string of the molecule is COc1ccc(COC(c2ccncc2)C(C)N)cc1. The molecule has 0 aliphatic carbocycles. The van der Waals surface area contributed by atoms with Gasteiger partial charge in [0.1, 0.15) is 5.75 Å². The second-order valence-corrected chi connectivity index (χ2v) is 4.72. The molecule has 4 nitrogen and oxygen atoms in total. The van der Waals surface area contributed by atoms with Crippen LogP contribution in [0.3, 0.4) is 0 Å². The molecule has 0 spiro atoms. The number of benzene rings is 1. The van der Waals surface area contributed by atoms with E-state index >= 15 is 0 Å². The summed E-state index contributed by atoms with van der Waals surface area (Å²) in [6, 6.07) is 11.6. The first kappa shape index (κ1) is 14.5. The lowest BCUT2D eigenvalue weighted by atomic mass is 10.1. The van der Waals surface area contributed by atoms with Gasteiger partial charge in [-0.25, -0.2) is 0 Å². The van der Waals surface area contributed by atoms with Crippen molar-refractivity contribution in [1.29, 1.82) is 0 Å². The molecule has 0 saturated carbocycles. The van der Waals surface area contributed by atoms with Gasteiger partial charge in [-0.1, -0.05) is 12.1 Å². The van der Waals surface area contributed by atoms with Gasteiger partial charge in [0.15, 0.2) is 0 Å². The molecule has 0 saturated heterocycles. The van der Waals surface area contributed by atoms with Crippen molar-refractivity contribution in [1.82, 2.24) is 4.98 Å². The van der Waals surface area contributed by atoms with E-state index in [1.807, 2.05) is 43.3 Å². The second-order valence-electron chi connectivity index (χ2n) is 4.72. The van der Waals surface area contributed by atoms with Crippen molar-refractivity contribution in [2.24, 2.45) is 5.73 Å². The van der Waals surface area contributed by atoms with Crippen LogP contribution in [-0.2, 0) is 11.3 Å². The summed E-state index contributed by atoms with van der Waals surface area (Å²) in [5.41, 5.74) is 8.15. The minimum Gasteiger partial charge on any atom is -0.497 e. The molecule has 0 aliphatic rings. The molecule has 0 fully saturated rings. The monoisotopic (exact) mass is 272 g/mol. The molecule has 2 rings (SSSR count). The van der Waals surface area contributed by atoms with Gasteiger partial charge in [0.05, 0.1) is 19.8 Å². The molecular weight excluding hydrogens is 252 g/mol. The van der Waals surface area contributed by atoms with Gasteiger partial charge in [0.2, 0.25) is 0 Å². The largest absolute Gasteiger partial charge is 0.497 e. The Morgan fingerprint density at radius 2 is 1.75 bits per heavy atom. The van der Waals surface area contributed by atoms with Gasteiger partial charge in [-0.2, -0.15) is 0 Å². The maximum absolute atomic E-state index is 6.01. The Hall–Kier alpha value is -1.91. The van der Waals surface area contributed by atoms with E-state index in [0.717, 1.165) is 16.9 Å². The summed E-state index contributed by atoms with van der Waals surface area (Å²) in [4.78, 5) is 4.01. The van der Waals surface area contributed by atoms with Crippen molar-refractivity contribution in [2.45, 2.75) is 25.7 Å². The Morgan fingerprint density at radius 1 is 1.10 bits per heavy atom. The predicted molar refractivity (Wildman–Crippen MR) is 78.4 cm³/mol. The third-order valence-corrected chi connectivity index (χ3v) is 3.10. The molecule has 0 aliphatic heterocycles. The molecule has 2 unspecified atom stereocenters. The quantitative estimate of drug-likeness (QED) is 0.878. The molecule has 106 valence electrons. The van der Waals surface area contributed by atoms with Crippen LogP contribution >= 0.6 is 0 Å². The summed E-state index contributed by atoms with van der Waals surface area (Å²) in [6.45, 7) is 2.46. The van der Waals surface area contributed by atoms with E-state index in [2.05, 4.69) is 4.98 Å². The molecule has 0 radical (unpaired) electrons. The second kappa shape index (κ2) is 7.03. The molecular formula is C16H20N2O2. The van der Waals surface area contributed by atoms with Gasteiger partial charge in [-0.05, 0) is 42.3 Å². The summed E-state index contributed by atoms with van der Waals surface area (Å²) < 4.78 is 11.1. The highest BCUT2D eigenvalue weighted by atomic mass is 16.5. The summed E-state index contributed by atoms with van der Waals surface area (Å²) in [7, 11) is 1.65. The third kappa shape index (κ3) is 3.79. The summed E-state index contributed by atoms with van der Waals surface area (Å²) in [5, 5.41) is 0. The van der Waals surface area contributed by atoms with Crippen LogP contribution in [0.1, 0.15) is 24.2 Å². The third-order valence-electron chi connectivity index (χ3n) is 3.10. The molecule has 20 heavy (non-hydrogen) atoms.